The Balaban J connectivity index is 3.35. The summed E-state index contributed by atoms with van der Waals surface area (Å²) in [5.41, 5.74) is 6.16. The zero-order valence-electron chi connectivity index (χ0n) is 9.67. The first-order valence-electron chi connectivity index (χ1n) is 5.09. The summed E-state index contributed by atoms with van der Waals surface area (Å²) in [5.74, 6) is -1.69. The van der Waals surface area contributed by atoms with Crippen molar-refractivity contribution in [1.29, 1.82) is 0 Å². The largest absolute Gasteiger partial charge is 0.481 e. The maximum absolute atomic E-state index is 11.5. The monoisotopic (exact) mass is 257 g/mol. The molecule has 0 fully saturated rings. The van der Waals surface area contributed by atoms with Gasteiger partial charge in [0.25, 0.3) is 0 Å². The number of carbonyl (C=O) groups is 1. The summed E-state index contributed by atoms with van der Waals surface area (Å²) in [6, 6.07) is 4.32. The van der Waals surface area contributed by atoms with Crippen LogP contribution >= 0.6 is 0 Å². The molecule has 1 aromatic rings. The molecule has 0 aliphatic heterocycles. The molecular weight excluding hydrogens is 242 g/mol. The number of carboxylic acid groups (broad SMARTS) is 1. The number of rotatable bonds is 4. The zero-order chi connectivity index (χ0) is 13.2. The molecule has 0 aliphatic rings. The average Bonchev–Trinajstić information content (AvgIpc) is 2.19. The van der Waals surface area contributed by atoms with Crippen LogP contribution in [0.15, 0.2) is 23.1 Å². The third kappa shape index (κ3) is 2.97. The second-order valence-electron chi connectivity index (χ2n) is 3.87. The van der Waals surface area contributed by atoms with Crippen LogP contribution in [0.2, 0.25) is 0 Å². The molecule has 0 saturated carbocycles. The summed E-state index contributed by atoms with van der Waals surface area (Å²) in [7, 11) is -3.44. The molecule has 3 N–H and O–H groups in total. The van der Waals surface area contributed by atoms with Crippen molar-refractivity contribution < 1.29 is 18.3 Å². The van der Waals surface area contributed by atoms with Crippen molar-refractivity contribution in [2.45, 2.75) is 24.2 Å². The second-order valence-corrected chi connectivity index (χ2v) is 5.85. The molecule has 0 spiro atoms. The first kappa shape index (κ1) is 13.5. The fourth-order valence-corrected chi connectivity index (χ4v) is 2.49. The van der Waals surface area contributed by atoms with Gasteiger partial charge in [0.15, 0.2) is 9.84 Å². The van der Waals surface area contributed by atoms with Crippen molar-refractivity contribution in [2.75, 3.05) is 12.0 Å². The van der Waals surface area contributed by atoms with Crippen LogP contribution < -0.4 is 5.73 Å². The van der Waals surface area contributed by atoms with E-state index >= 15 is 0 Å². The molecule has 17 heavy (non-hydrogen) atoms. The van der Waals surface area contributed by atoms with Gasteiger partial charge < -0.3 is 10.8 Å². The lowest BCUT2D eigenvalue weighted by Gasteiger charge is -2.12. The fraction of sp³-hybridized carbons (Fsp3) is 0.364. The van der Waals surface area contributed by atoms with E-state index in [0.717, 1.165) is 6.26 Å². The van der Waals surface area contributed by atoms with Gasteiger partial charge in [-0.3, -0.25) is 4.79 Å². The molecule has 1 unspecified atom stereocenters. The summed E-state index contributed by atoms with van der Waals surface area (Å²) in [5, 5.41) is 9.01. The van der Waals surface area contributed by atoms with Crippen LogP contribution in [0.4, 0.5) is 5.69 Å². The summed E-state index contributed by atoms with van der Waals surface area (Å²) in [6.45, 7) is 1.73. The van der Waals surface area contributed by atoms with Gasteiger partial charge in [0.1, 0.15) is 0 Å². The van der Waals surface area contributed by atoms with Crippen molar-refractivity contribution in [3.05, 3.63) is 23.8 Å². The Morgan fingerprint density at radius 2 is 2.06 bits per heavy atom. The SMILES string of the molecule is CCC(C(=O)O)c1ccc(N)c(S(C)(=O)=O)c1. The molecule has 5 nitrogen and oxygen atoms in total. The van der Waals surface area contributed by atoms with E-state index in [-0.39, 0.29) is 10.6 Å². The van der Waals surface area contributed by atoms with Crippen LogP contribution in [0.5, 0.6) is 0 Å². The summed E-state index contributed by atoms with van der Waals surface area (Å²) < 4.78 is 22.9. The number of carboxylic acids is 1. The number of nitrogens with two attached hydrogens (primary N) is 1. The Hall–Kier alpha value is -1.56. The molecular formula is C11H15NO4S. The van der Waals surface area contributed by atoms with Gasteiger partial charge in [0.05, 0.1) is 16.5 Å². The standard InChI is InChI=1S/C11H15NO4S/c1-3-8(11(13)14)7-4-5-9(12)10(6-7)17(2,15)16/h4-6,8H,3,12H2,1-2H3,(H,13,14). The van der Waals surface area contributed by atoms with E-state index in [1.165, 1.54) is 12.1 Å². The van der Waals surface area contributed by atoms with Crippen molar-refractivity contribution >= 4 is 21.5 Å². The molecule has 0 aromatic heterocycles. The van der Waals surface area contributed by atoms with Crippen LogP contribution in [-0.4, -0.2) is 25.7 Å². The quantitative estimate of drug-likeness (QED) is 0.791. The summed E-state index contributed by atoms with van der Waals surface area (Å²) in [6.07, 6.45) is 1.44. The minimum absolute atomic E-state index is 0.0188. The topological polar surface area (TPSA) is 97.5 Å². The highest BCUT2D eigenvalue weighted by atomic mass is 32.2. The number of anilines is 1. The highest BCUT2D eigenvalue weighted by molar-refractivity contribution is 7.90. The second kappa shape index (κ2) is 4.75. The predicted octanol–water partition coefficient (Wildman–Crippen LogP) is 1.25. The van der Waals surface area contributed by atoms with Crippen molar-refractivity contribution in [2.24, 2.45) is 0 Å². The lowest BCUT2D eigenvalue weighted by Crippen LogP contribution is -2.12. The van der Waals surface area contributed by atoms with Gasteiger partial charge in [-0.15, -0.1) is 0 Å². The Morgan fingerprint density at radius 3 is 2.47 bits per heavy atom. The average molecular weight is 257 g/mol. The molecule has 94 valence electrons. The van der Waals surface area contributed by atoms with Gasteiger partial charge in [-0.05, 0) is 24.1 Å². The van der Waals surface area contributed by atoms with Crippen molar-refractivity contribution in [3.8, 4) is 0 Å². The third-order valence-corrected chi connectivity index (χ3v) is 3.70. The lowest BCUT2D eigenvalue weighted by atomic mass is 9.96. The van der Waals surface area contributed by atoms with E-state index in [0.29, 0.717) is 12.0 Å². The molecule has 0 amide bonds. The van der Waals surface area contributed by atoms with Crippen LogP contribution in [0, 0.1) is 0 Å². The van der Waals surface area contributed by atoms with Gasteiger partial charge in [0, 0.05) is 6.26 Å². The normalized spacial score (nSPS) is 13.3. The molecule has 1 aromatic carbocycles. The molecule has 6 heteroatoms. The molecule has 1 rings (SSSR count). The van der Waals surface area contributed by atoms with Gasteiger partial charge >= 0.3 is 5.97 Å². The van der Waals surface area contributed by atoms with Crippen molar-refractivity contribution in [1.82, 2.24) is 0 Å². The van der Waals surface area contributed by atoms with E-state index in [4.69, 9.17) is 10.8 Å². The van der Waals surface area contributed by atoms with E-state index in [1.54, 1.807) is 13.0 Å². The Kier molecular flexibility index (Phi) is 3.77. The van der Waals surface area contributed by atoms with Gasteiger partial charge in [0.2, 0.25) is 0 Å². The first-order chi connectivity index (χ1) is 7.77. The number of hydrogen-bond acceptors (Lipinski definition) is 4. The number of sulfone groups is 1. The van der Waals surface area contributed by atoms with Gasteiger partial charge in [-0.2, -0.15) is 0 Å². The smallest absolute Gasteiger partial charge is 0.310 e. The number of nitrogen functional groups attached to an aromatic ring is 1. The molecule has 0 heterocycles. The summed E-state index contributed by atoms with van der Waals surface area (Å²) >= 11 is 0. The molecule has 0 saturated heterocycles. The van der Waals surface area contributed by atoms with Crippen LogP contribution in [0.3, 0.4) is 0 Å². The highest BCUT2D eigenvalue weighted by Gasteiger charge is 2.20. The molecule has 1 atom stereocenters. The predicted molar refractivity (Wildman–Crippen MR) is 64.6 cm³/mol. The fourth-order valence-electron chi connectivity index (χ4n) is 1.64. The number of aliphatic carboxylic acids is 1. The van der Waals surface area contributed by atoms with Crippen LogP contribution in [-0.2, 0) is 14.6 Å². The molecule has 0 aliphatic carbocycles. The number of hydrogen-bond donors (Lipinski definition) is 2. The minimum atomic E-state index is -3.44. The number of benzene rings is 1. The first-order valence-corrected chi connectivity index (χ1v) is 6.98. The maximum atomic E-state index is 11.5. The van der Waals surface area contributed by atoms with Crippen LogP contribution in [0.25, 0.3) is 0 Å². The van der Waals surface area contributed by atoms with Crippen molar-refractivity contribution in [3.63, 3.8) is 0 Å². The molecule has 0 bridgehead atoms. The van der Waals surface area contributed by atoms with E-state index in [9.17, 15) is 13.2 Å². The van der Waals surface area contributed by atoms with Gasteiger partial charge in [-0.1, -0.05) is 13.0 Å². The third-order valence-electron chi connectivity index (χ3n) is 2.55. The highest BCUT2D eigenvalue weighted by Crippen LogP contribution is 2.26. The summed E-state index contributed by atoms with van der Waals surface area (Å²) in [4.78, 5) is 11.0. The van der Waals surface area contributed by atoms with E-state index in [2.05, 4.69) is 0 Å². The zero-order valence-corrected chi connectivity index (χ0v) is 10.5. The Morgan fingerprint density at radius 1 is 1.47 bits per heavy atom. The van der Waals surface area contributed by atoms with Crippen LogP contribution in [0.1, 0.15) is 24.8 Å². The maximum Gasteiger partial charge on any atom is 0.310 e. The molecule has 0 radical (unpaired) electrons. The lowest BCUT2D eigenvalue weighted by molar-refractivity contribution is -0.138. The van der Waals surface area contributed by atoms with Gasteiger partial charge in [-0.25, -0.2) is 8.42 Å². The van der Waals surface area contributed by atoms with E-state index in [1.807, 2.05) is 0 Å². The minimum Gasteiger partial charge on any atom is -0.481 e. The Labute approximate surface area is 100 Å². The van der Waals surface area contributed by atoms with E-state index < -0.39 is 21.7 Å². The Bertz CT molecular complexity index is 536.